The van der Waals surface area contributed by atoms with Gasteiger partial charge in [0.05, 0.1) is 0 Å². The van der Waals surface area contributed by atoms with E-state index in [0.29, 0.717) is 0 Å². The molecule has 0 fully saturated rings. The minimum Gasteiger partial charge on any atom is -0.445 e. The predicted molar refractivity (Wildman–Crippen MR) is 55.2 cm³/mol. The number of ether oxygens (including phenoxy) is 2. The van der Waals surface area contributed by atoms with Crippen LogP contribution in [0.1, 0.15) is 0 Å². The van der Waals surface area contributed by atoms with Crippen molar-refractivity contribution >= 4 is 27.7 Å². The van der Waals surface area contributed by atoms with Crippen LogP contribution in [0.25, 0.3) is 0 Å². The van der Waals surface area contributed by atoms with Crippen molar-refractivity contribution in [2.24, 2.45) is 0 Å². The Hall–Kier alpha value is 0.604. The zero-order valence-electron chi connectivity index (χ0n) is 8.26. The van der Waals surface area contributed by atoms with Crippen LogP contribution >= 0.6 is 11.1 Å². The van der Waals surface area contributed by atoms with E-state index in [1.807, 2.05) is 6.55 Å². The summed E-state index contributed by atoms with van der Waals surface area (Å²) in [6, 6.07) is 0. The highest BCUT2D eigenvalue weighted by atomic mass is 35.6. The van der Waals surface area contributed by atoms with E-state index in [9.17, 15) is 0 Å². The minimum absolute atomic E-state index is 0.380. The molecule has 6 heteroatoms. The second-order valence-electron chi connectivity index (χ2n) is 2.96. The molecule has 0 rings (SSSR count). The smallest absolute Gasteiger partial charge is 0.334 e. The molecule has 1 atom stereocenters. The van der Waals surface area contributed by atoms with E-state index < -0.39 is 16.7 Å². The highest BCUT2D eigenvalue weighted by molar-refractivity contribution is 7.18. The Balaban J connectivity index is 4.14. The topological polar surface area (TPSA) is 27.7 Å². The summed E-state index contributed by atoms with van der Waals surface area (Å²) >= 11 is 6.20. The lowest BCUT2D eigenvalue weighted by Gasteiger charge is -2.28. The molecular formula is C6H17ClO3Si2. The third-order valence-corrected chi connectivity index (χ3v) is 7.69. The average Bonchev–Trinajstić information content (AvgIpc) is 1.85. The molecule has 0 aliphatic rings. The van der Waals surface area contributed by atoms with E-state index in [1.54, 1.807) is 14.2 Å². The monoisotopic (exact) mass is 228 g/mol. The fourth-order valence-electron chi connectivity index (χ4n) is 1.03. The Morgan fingerprint density at radius 1 is 1.25 bits per heavy atom. The van der Waals surface area contributed by atoms with Gasteiger partial charge >= 0.3 is 7.63 Å². The molecule has 0 bridgehead atoms. The summed E-state index contributed by atoms with van der Waals surface area (Å²) in [5.41, 5.74) is 0. The first-order chi connectivity index (χ1) is 5.44. The van der Waals surface area contributed by atoms with Crippen LogP contribution in [-0.4, -0.2) is 36.8 Å². The highest BCUT2D eigenvalue weighted by Gasteiger charge is 2.38. The molecule has 0 saturated carbocycles. The first kappa shape index (κ1) is 12.6. The van der Waals surface area contributed by atoms with Crippen LogP contribution in [-0.2, 0) is 13.6 Å². The van der Waals surface area contributed by atoms with Crippen molar-refractivity contribution in [2.45, 2.75) is 25.6 Å². The van der Waals surface area contributed by atoms with E-state index in [1.165, 1.54) is 0 Å². The maximum atomic E-state index is 6.20. The Kier molecular flexibility index (Phi) is 5.63. The lowest BCUT2D eigenvalue weighted by atomic mass is 11.3. The average molecular weight is 229 g/mol. The zero-order valence-corrected chi connectivity index (χ0v) is 11.2. The summed E-state index contributed by atoms with van der Waals surface area (Å²) in [6.07, 6.45) is 0. The van der Waals surface area contributed by atoms with Crippen LogP contribution in [0.5, 0.6) is 0 Å². The summed E-state index contributed by atoms with van der Waals surface area (Å²) < 4.78 is 15.8. The van der Waals surface area contributed by atoms with Gasteiger partial charge in [0.15, 0.2) is 15.0 Å². The molecular weight excluding hydrogens is 212 g/mol. The third kappa shape index (κ3) is 4.02. The van der Waals surface area contributed by atoms with E-state index in [4.69, 9.17) is 24.7 Å². The van der Waals surface area contributed by atoms with Crippen LogP contribution in [0, 0.1) is 0 Å². The van der Waals surface area contributed by atoms with Crippen molar-refractivity contribution in [3.63, 3.8) is 0 Å². The molecule has 0 aromatic heterocycles. The van der Waals surface area contributed by atoms with Gasteiger partial charge in [0.2, 0.25) is 0 Å². The van der Waals surface area contributed by atoms with Crippen molar-refractivity contribution in [3.05, 3.63) is 0 Å². The highest BCUT2D eigenvalue weighted by Crippen LogP contribution is 2.19. The summed E-state index contributed by atoms with van der Waals surface area (Å²) in [7, 11) is -0.263. The van der Waals surface area contributed by atoms with Crippen LogP contribution in [0.15, 0.2) is 0 Å². The van der Waals surface area contributed by atoms with Crippen molar-refractivity contribution in [1.29, 1.82) is 0 Å². The third-order valence-electron chi connectivity index (χ3n) is 1.32. The largest absolute Gasteiger partial charge is 0.445 e. The van der Waals surface area contributed by atoms with Gasteiger partial charge in [-0.05, 0) is 19.6 Å². The fraction of sp³-hybridized carbons (Fsp3) is 1.00. The molecule has 0 saturated heterocycles. The second-order valence-corrected chi connectivity index (χ2v) is 10.7. The SMILES string of the molecule is COC(OC)[Si](C)(Cl)O[SiH](C)C. The Morgan fingerprint density at radius 3 is 1.92 bits per heavy atom. The van der Waals surface area contributed by atoms with Crippen LogP contribution in [0.3, 0.4) is 0 Å². The molecule has 0 aliphatic heterocycles. The number of hydrogen-bond acceptors (Lipinski definition) is 3. The van der Waals surface area contributed by atoms with E-state index in [2.05, 4.69) is 13.1 Å². The molecule has 1 unspecified atom stereocenters. The molecule has 0 radical (unpaired) electrons. The van der Waals surface area contributed by atoms with Crippen LogP contribution in [0.2, 0.25) is 19.6 Å². The summed E-state index contributed by atoms with van der Waals surface area (Å²) in [4.78, 5) is 0. The standard InChI is InChI=1S/C6H17ClO3Si2/c1-8-6(9-2)12(5,7)10-11(3)4/h6,11H,1-5H3. The normalized spacial score (nSPS) is 17.0. The fourth-order valence-corrected chi connectivity index (χ4v) is 8.15. The van der Waals surface area contributed by atoms with E-state index in [0.717, 1.165) is 0 Å². The van der Waals surface area contributed by atoms with Crippen molar-refractivity contribution in [1.82, 2.24) is 0 Å². The van der Waals surface area contributed by atoms with Gasteiger partial charge in [0, 0.05) is 14.2 Å². The molecule has 0 amide bonds. The molecule has 3 nitrogen and oxygen atoms in total. The van der Waals surface area contributed by atoms with Gasteiger partial charge < -0.3 is 13.6 Å². The van der Waals surface area contributed by atoms with E-state index in [-0.39, 0.29) is 5.91 Å². The predicted octanol–water partition coefficient (Wildman–Crippen LogP) is 1.46. The van der Waals surface area contributed by atoms with Gasteiger partial charge in [-0.2, -0.15) is 0 Å². The van der Waals surface area contributed by atoms with Gasteiger partial charge in [-0.25, -0.2) is 0 Å². The van der Waals surface area contributed by atoms with Gasteiger partial charge in [-0.15, -0.1) is 11.1 Å². The number of hydrogen-bond donors (Lipinski definition) is 0. The number of halogens is 1. The molecule has 12 heavy (non-hydrogen) atoms. The minimum atomic E-state index is -2.31. The van der Waals surface area contributed by atoms with Gasteiger partial charge in [-0.1, -0.05) is 0 Å². The van der Waals surface area contributed by atoms with Crippen molar-refractivity contribution < 1.29 is 13.6 Å². The lowest BCUT2D eigenvalue weighted by molar-refractivity contribution is -0.0548. The van der Waals surface area contributed by atoms with Gasteiger partial charge in [0.1, 0.15) is 0 Å². The summed E-state index contributed by atoms with van der Waals surface area (Å²) in [5, 5.41) is 0. The Bertz CT molecular complexity index is 128. The van der Waals surface area contributed by atoms with Crippen LogP contribution in [0.4, 0.5) is 0 Å². The number of rotatable bonds is 5. The molecule has 0 aliphatic carbocycles. The first-order valence-electron chi connectivity index (χ1n) is 3.86. The molecule has 0 aromatic rings. The summed E-state index contributed by atoms with van der Waals surface area (Å²) in [5.74, 6) is -0.380. The summed E-state index contributed by atoms with van der Waals surface area (Å²) in [6.45, 7) is 6.05. The Morgan fingerprint density at radius 2 is 1.67 bits per heavy atom. The molecule has 0 spiro atoms. The van der Waals surface area contributed by atoms with Crippen molar-refractivity contribution in [2.75, 3.05) is 14.2 Å². The molecule has 74 valence electrons. The Labute approximate surface area is 81.5 Å². The molecule has 0 heterocycles. The maximum absolute atomic E-state index is 6.20. The molecule has 0 N–H and O–H groups in total. The molecule has 0 aromatic carbocycles. The van der Waals surface area contributed by atoms with Gasteiger partial charge in [0.25, 0.3) is 0 Å². The first-order valence-corrected chi connectivity index (χ1v) is 10.1. The van der Waals surface area contributed by atoms with E-state index >= 15 is 0 Å². The zero-order chi connectivity index (χ0) is 9.78. The number of methoxy groups -OCH3 is 2. The maximum Gasteiger partial charge on any atom is 0.334 e. The van der Waals surface area contributed by atoms with Gasteiger partial charge in [-0.3, -0.25) is 0 Å². The lowest BCUT2D eigenvalue weighted by Crippen LogP contribution is -2.47. The second kappa shape index (κ2) is 5.36. The van der Waals surface area contributed by atoms with Crippen molar-refractivity contribution in [3.8, 4) is 0 Å². The quantitative estimate of drug-likeness (QED) is 0.405. The van der Waals surface area contributed by atoms with Crippen LogP contribution < -0.4 is 0 Å².